The van der Waals surface area contributed by atoms with Crippen molar-refractivity contribution >= 4 is 5.78 Å². The summed E-state index contributed by atoms with van der Waals surface area (Å²) < 4.78 is 0. The fourth-order valence-corrected chi connectivity index (χ4v) is 1.66. The van der Waals surface area contributed by atoms with E-state index in [-0.39, 0.29) is 17.9 Å². The normalized spacial score (nSPS) is 11.9. The molecule has 3 heteroatoms. The zero-order chi connectivity index (χ0) is 13.8. The number of carbonyl (C=O) groups is 1. The maximum absolute atomic E-state index is 12.0. The second-order valence-electron chi connectivity index (χ2n) is 5.43. The fraction of sp³-hybridized carbons (Fsp3) is 0.533. The highest BCUT2D eigenvalue weighted by molar-refractivity contribution is 5.96. The third-order valence-corrected chi connectivity index (χ3v) is 3.43. The molecule has 18 heavy (non-hydrogen) atoms. The fourth-order valence-electron chi connectivity index (χ4n) is 1.66. The van der Waals surface area contributed by atoms with E-state index in [2.05, 4.69) is 0 Å². The van der Waals surface area contributed by atoms with E-state index >= 15 is 0 Å². The largest absolute Gasteiger partial charge is 0.394 e. The molecule has 0 amide bonds. The van der Waals surface area contributed by atoms with E-state index < -0.39 is 0 Å². The molecule has 0 unspecified atom stereocenters. The Morgan fingerprint density at radius 1 is 1.39 bits per heavy atom. The quantitative estimate of drug-likeness (QED) is 0.786. The Balaban J connectivity index is 2.57. The number of carbonyl (C=O) groups excluding carboxylic acids is 1. The molecular formula is C15H23NO2. The number of likely N-dealkylation sites (N-methyl/N-ethyl adjacent to an activating group) is 1. The van der Waals surface area contributed by atoms with Crippen molar-refractivity contribution in [2.75, 3.05) is 20.2 Å². The third-order valence-electron chi connectivity index (χ3n) is 3.43. The molecule has 0 heterocycles. The van der Waals surface area contributed by atoms with Crippen LogP contribution in [0.2, 0.25) is 0 Å². The molecule has 1 N–H and O–H groups in total. The first-order valence-electron chi connectivity index (χ1n) is 6.29. The highest BCUT2D eigenvalue weighted by atomic mass is 16.3. The lowest BCUT2D eigenvalue weighted by Gasteiger charge is -2.33. The summed E-state index contributed by atoms with van der Waals surface area (Å²) in [6, 6.07) is 7.66. The van der Waals surface area contributed by atoms with E-state index in [1.54, 1.807) is 0 Å². The minimum Gasteiger partial charge on any atom is -0.394 e. The van der Waals surface area contributed by atoms with Crippen molar-refractivity contribution in [1.82, 2.24) is 4.90 Å². The van der Waals surface area contributed by atoms with Crippen LogP contribution in [0.5, 0.6) is 0 Å². The minimum atomic E-state index is -0.285. The number of hydrogen-bond donors (Lipinski definition) is 1. The molecule has 0 aliphatic heterocycles. The van der Waals surface area contributed by atoms with E-state index in [4.69, 9.17) is 0 Å². The number of aliphatic hydroxyl groups is 1. The Labute approximate surface area is 109 Å². The van der Waals surface area contributed by atoms with Gasteiger partial charge in [0.25, 0.3) is 0 Å². The van der Waals surface area contributed by atoms with E-state index in [9.17, 15) is 9.90 Å². The van der Waals surface area contributed by atoms with Crippen molar-refractivity contribution in [2.45, 2.75) is 32.7 Å². The van der Waals surface area contributed by atoms with E-state index in [1.807, 2.05) is 57.0 Å². The minimum absolute atomic E-state index is 0.0855. The molecule has 0 bridgehead atoms. The van der Waals surface area contributed by atoms with Crippen LogP contribution in [0.4, 0.5) is 0 Å². The van der Waals surface area contributed by atoms with Crippen LogP contribution in [0.15, 0.2) is 24.3 Å². The van der Waals surface area contributed by atoms with Gasteiger partial charge in [-0.1, -0.05) is 23.8 Å². The van der Waals surface area contributed by atoms with Gasteiger partial charge in [-0.15, -0.1) is 0 Å². The molecular weight excluding hydrogens is 226 g/mol. The van der Waals surface area contributed by atoms with Crippen molar-refractivity contribution < 1.29 is 9.90 Å². The molecule has 1 rings (SSSR count). The molecule has 0 atom stereocenters. The van der Waals surface area contributed by atoms with Crippen molar-refractivity contribution in [2.24, 2.45) is 0 Å². The van der Waals surface area contributed by atoms with Gasteiger partial charge in [-0.3, -0.25) is 9.69 Å². The third kappa shape index (κ3) is 3.93. The van der Waals surface area contributed by atoms with Crippen molar-refractivity contribution in [1.29, 1.82) is 0 Å². The van der Waals surface area contributed by atoms with Gasteiger partial charge < -0.3 is 5.11 Å². The zero-order valence-corrected chi connectivity index (χ0v) is 11.7. The topological polar surface area (TPSA) is 40.5 Å². The predicted octanol–water partition coefficient (Wildman–Crippen LogP) is 2.27. The summed E-state index contributed by atoms with van der Waals surface area (Å²) in [6.07, 6.45) is 0.476. The molecule has 1 aromatic carbocycles. The smallest absolute Gasteiger partial charge is 0.164 e. The van der Waals surface area contributed by atoms with Gasteiger partial charge in [0.05, 0.1) is 6.61 Å². The van der Waals surface area contributed by atoms with Gasteiger partial charge >= 0.3 is 0 Å². The Kier molecular flexibility index (Phi) is 5.05. The maximum Gasteiger partial charge on any atom is 0.164 e. The van der Waals surface area contributed by atoms with E-state index in [1.165, 1.54) is 0 Å². The molecule has 0 radical (unpaired) electrons. The van der Waals surface area contributed by atoms with Gasteiger partial charge in [0.1, 0.15) is 0 Å². The lowest BCUT2D eigenvalue weighted by molar-refractivity contribution is 0.0725. The van der Waals surface area contributed by atoms with Gasteiger partial charge in [-0.05, 0) is 33.9 Å². The van der Waals surface area contributed by atoms with Crippen LogP contribution >= 0.6 is 0 Å². The number of benzene rings is 1. The zero-order valence-electron chi connectivity index (χ0n) is 11.7. The maximum atomic E-state index is 12.0. The summed E-state index contributed by atoms with van der Waals surface area (Å²) in [7, 11) is 1.93. The Bertz CT molecular complexity index is 413. The SMILES string of the molecule is Cc1cccc(C(=O)CCN(C)C(C)(C)CO)c1. The average molecular weight is 249 g/mol. The first-order valence-corrected chi connectivity index (χ1v) is 6.29. The number of aliphatic hydroxyl groups excluding tert-OH is 1. The summed E-state index contributed by atoms with van der Waals surface area (Å²) in [5.74, 6) is 0.152. The van der Waals surface area contributed by atoms with Crippen LogP contribution in [0.25, 0.3) is 0 Å². The number of Topliss-reactive ketones (excluding diaryl/α,β-unsaturated/α-hetero) is 1. The summed E-state index contributed by atoms with van der Waals surface area (Å²) in [4.78, 5) is 14.0. The molecule has 0 fully saturated rings. The summed E-state index contributed by atoms with van der Waals surface area (Å²) >= 11 is 0. The molecule has 100 valence electrons. The predicted molar refractivity (Wildman–Crippen MR) is 73.9 cm³/mol. The molecule has 0 saturated heterocycles. The number of aryl methyl sites for hydroxylation is 1. The van der Waals surface area contributed by atoms with Crippen molar-refractivity contribution in [3.8, 4) is 0 Å². The van der Waals surface area contributed by atoms with Crippen LogP contribution < -0.4 is 0 Å². The Morgan fingerprint density at radius 3 is 2.61 bits per heavy atom. The molecule has 0 aromatic heterocycles. The van der Waals surface area contributed by atoms with Crippen LogP contribution in [-0.2, 0) is 0 Å². The second-order valence-corrected chi connectivity index (χ2v) is 5.43. The summed E-state index contributed by atoms with van der Waals surface area (Å²) in [5, 5.41) is 9.26. The Hall–Kier alpha value is -1.19. The van der Waals surface area contributed by atoms with Crippen LogP contribution in [0.3, 0.4) is 0 Å². The van der Waals surface area contributed by atoms with Crippen molar-refractivity contribution in [3.63, 3.8) is 0 Å². The first kappa shape index (κ1) is 14.9. The molecule has 0 aliphatic rings. The second kappa shape index (κ2) is 6.12. The molecule has 0 saturated carbocycles. The summed E-state index contributed by atoms with van der Waals surface area (Å²) in [6.45, 7) is 6.65. The van der Waals surface area contributed by atoms with Crippen molar-refractivity contribution in [3.05, 3.63) is 35.4 Å². The molecule has 0 aliphatic carbocycles. The van der Waals surface area contributed by atoms with E-state index in [0.717, 1.165) is 11.1 Å². The highest BCUT2D eigenvalue weighted by Crippen LogP contribution is 2.13. The molecule has 3 nitrogen and oxygen atoms in total. The standard InChI is InChI=1S/C15H23NO2/c1-12-6-5-7-13(10-12)14(18)8-9-16(4)15(2,3)11-17/h5-7,10,17H,8-9,11H2,1-4H3. The lowest BCUT2D eigenvalue weighted by Crippen LogP contribution is -2.45. The van der Waals surface area contributed by atoms with Gasteiger partial charge in [-0.2, -0.15) is 0 Å². The number of rotatable bonds is 6. The van der Waals surface area contributed by atoms with Gasteiger partial charge in [-0.25, -0.2) is 0 Å². The Morgan fingerprint density at radius 2 is 2.06 bits per heavy atom. The molecule has 1 aromatic rings. The monoisotopic (exact) mass is 249 g/mol. The highest BCUT2D eigenvalue weighted by Gasteiger charge is 2.22. The molecule has 0 spiro atoms. The van der Waals surface area contributed by atoms with Gasteiger partial charge in [0.15, 0.2) is 5.78 Å². The number of ketones is 1. The lowest BCUT2D eigenvalue weighted by atomic mass is 10.0. The first-order chi connectivity index (χ1) is 8.36. The number of nitrogens with zero attached hydrogens (tertiary/aromatic N) is 1. The van der Waals surface area contributed by atoms with Crippen LogP contribution in [-0.4, -0.2) is 41.5 Å². The van der Waals surface area contributed by atoms with Crippen LogP contribution in [0.1, 0.15) is 36.2 Å². The van der Waals surface area contributed by atoms with Gasteiger partial charge in [0.2, 0.25) is 0 Å². The van der Waals surface area contributed by atoms with E-state index in [0.29, 0.717) is 13.0 Å². The van der Waals surface area contributed by atoms with Gasteiger partial charge in [0, 0.05) is 24.1 Å². The summed E-state index contributed by atoms with van der Waals surface area (Å²) in [5.41, 5.74) is 1.59. The number of hydrogen-bond acceptors (Lipinski definition) is 3. The van der Waals surface area contributed by atoms with Crippen LogP contribution in [0, 0.1) is 6.92 Å². The average Bonchev–Trinajstić information content (AvgIpc) is 2.35.